The van der Waals surface area contributed by atoms with Crippen LogP contribution < -0.4 is 0 Å². The van der Waals surface area contributed by atoms with Crippen LogP contribution in [-0.4, -0.2) is 15.8 Å². The Labute approximate surface area is 79.4 Å². The van der Waals surface area contributed by atoms with E-state index in [9.17, 15) is 4.79 Å². The van der Waals surface area contributed by atoms with Crippen LogP contribution in [-0.2, 0) is 11.2 Å². The highest BCUT2D eigenvalue weighted by atomic mass is 79.9. The third kappa shape index (κ3) is 3.09. The van der Waals surface area contributed by atoms with Crippen LogP contribution in [0.4, 0.5) is 0 Å². The lowest BCUT2D eigenvalue weighted by molar-refractivity contribution is -0.116. The van der Waals surface area contributed by atoms with Crippen LogP contribution in [0.3, 0.4) is 0 Å². The predicted molar refractivity (Wildman–Crippen MR) is 48.7 cm³/mol. The monoisotopic (exact) mass is 228 g/mol. The van der Waals surface area contributed by atoms with Crippen LogP contribution in [0.2, 0.25) is 0 Å². The molecule has 0 saturated carbocycles. The van der Waals surface area contributed by atoms with Gasteiger partial charge in [-0.3, -0.25) is 4.98 Å². The van der Waals surface area contributed by atoms with E-state index < -0.39 is 0 Å². The fraction of sp³-hybridized carbons (Fsp3) is 0.375. The number of halogens is 1. The normalized spacial score (nSPS) is 9.83. The fourth-order valence-corrected chi connectivity index (χ4v) is 1.15. The van der Waals surface area contributed by atoms with E-state index in [-0.39, 0.29) is 5.78 Å². The van der Waals surface area contributed by atoms with Gasteiger partial charge in [0.1, 0.15) is 10.4 Å². The number of hydrogen-bond acceptors (Lipinski definition) is 3. The molecule has 0 fully saturated rings. The Kier molecular flexibility index (Phi) is 3.34. The van der Waals surface area contributed by atoms with Crippen molar-refractivity contribution in [1.29, 1.82) is 0 Å². The van der Waals surface area contributed by atoms with Gasteiger partial charge >= 0.3 is 0 Å². The highest BCUT2D eigenvalue weighted by Crippen LogP contribution is 2.05. The number of hydrogen-bond donors (Lipinski definition) is 0. The van der Waals surface area contributed by atoms with Gasteiger partial charge in [0.25, 0.3) is 0 Å². The summed E-state index contributed by atoms with van der Waals surface area (Å²) in [5.41, 5.74) is 0.847. The number of aromatic nitrogens is 2. The largest absolute Gasteiger partial charge is 0.300 e. The molecule has 0 spiro atoms. The maximum atomic E-state index is 10.6. The molecule has 0 saturated heterocycles. The Bertz CT molecular complexity index is 288. The van der Waals surface area contributed by atoms with E-state index in [4.69, 9.17) is 0 Å². The highest BCUT2D eigenvalue weighted by molar-refractivity contribution is 9.10. The molecule has 1 rings (SSSR count). The van der Waals surface area contributed by atoms with Gasteiger partial charge in [0, 0.05) is 12.6 Å². The van der Waals surface area contributed by atoms with E-state index in [0.717, 1.165) is 5.69 Å². The first-order chi connectivity index (χ1) is 5.68. The summed E-state index contributed by atoms with van der Waals surface area (Å²) < 4.78 is 0.712. The van der Waals surface area contributed by atoms with Crippen molar-refractivity contribution < 1.29 is 4.79 Å². The Morgan fingerprint density at radius 3 is 2.92 bits per heavy atom. The minimum atomic E-state index is 0.178. The maximum Gasteiger partial charge on any atom is 0.130 e. The minimum Gasteiger partial charge on any atom is -0.300 e. The van der Waals surface area contributed by atoms with Gasteiger partial charge in [-0.05, 0) is 29.3 Å². The molecular weight excluding hydrogens is 220 g/mol. The average Bonchev–Trinajstić information content (AvgIpc) is 2.01. The van der Waals surface area contributed by atoms with Gasteiger partial charge < -0.3 is 4.79 Å². The van der Waals surface area contributed by atoms with E-state index in [2.05, 4.69) is 25.9 Å². The Morgan fingerprint density at radius 2 is 2.33 bits per heavy atom. The summed E-state index contributed by atoms with van der Waals surface area (Å²) in [6.45, 7) is 1.57. The summed E-state index contributed by atoms with van der Waals surface area (Å²) in [7, 11) is 0. The van der Waals surface area contributed by atoms with Gasteiger partial charge in [0.15, 0.2) is 0 Å². The quantitative estimate of drug-likeness (QED) is 0.793. The number of rotatable bonds is 3. The number of aryl methyl sites for hydroxylation is 1. The Morgan fingerprint density at radius 1 is 1.58 bits per heavy atom. The molecule has 0 atom stereocenters. The lowest BCUT2D eigenvalue weighted by Crippen LogP contribution is -1.97. The number of Topliss-reactive ketones (excluding diaryl/α,β-unsaturated/α-hetero) is 1. The Hall–Kier alpha value is -0.770. The van der Waals surface area contributed by atoms with Gasteiger partial charge in [-0.25, -0.2) is 4.98 Å². The molecule has 0 radical (unpaired) electrons. The summed E-state index contributed by atoms with van der Waals surface area (Å²) in [6.07, 6.45) is 4.50. The zero-order chi connectivity index (χ0) is 8.97. The summed E-state index contributed by atoms with van der Waals surface area (Å²) in [5, 5.41) is 0. The lowest BCUT2D eigenvalue weighted by Gasteiger charge is -1.96. The Balaban J connectivity index is 2.57. The molecule has 4 heteroatoms. The second kappa shape index (κ2) is 4.30. The molecule has 0 aliphatic carbocycles. The molecule has 0 aliphatic rings. The molecule has 0 unspecified atom stereocenters. The third-order valence-corrected chi connectivity index (χ3v) is 1.77. The molecule has 12 heavy (non-hydrogen) atoms. The standard InChI is InChI=1S/C8H9BrN2O/c1-6(12)2-3-7-4-10-5-8(9)11-7/h4-5H,2-3H2,1H3. The smallest absolute Gasteiger partial charge is 0.130 e. The molecule has 0 aromatic carbocycles. The van der Waals surface area contributed by atoms with Crippen molar-refractivity contribution in [3.63, 3.8) is 0 Å². The van der Waals surface area contributed by atoms with Crippen molar-refractivity contribution in [2.24, 2.45) is 0 Å². The number of nitrogens with zero attached hydrogens (tertiary/aromatic N) is 2. The lowest BCUT2D eigenvalue weighted by atomic mass is 10.2. The van der Waals surface area contributed by atoms with Crippen LogP contribution in [0, 0.1) is 0 Å². The van der Waals surface area contributed by atoms with Gasteiger partial charge in [-0.1, -0.05) is 0 Å². The van der Waals surface area contributed by atoms with Crippen molar-refractivity contribution in [1.82, 2.24) is 9.97 Å². The van der Waals surface area contributed by atoms with E-state index >= 15 is 0 Å². The average molecular weight is 229 g/mol. The van der Waals surface area contributed by atoms with Crippen LogP contribution in [0.25, 0.3) is 0 Å². The molecule has 0 N–H and O–H groups in total. The molecule has 1 aromatic heterocycles. The van der Waals surface area contributed by atoms with Crippen LogP contribution in [0.1, 0.15) is 19.0 Å². The third-order valence-electron chi connectivity index (χ3n) is 1.39. The molecule has 3 nitrogen and oxygen atoms in total. The number of ketones is 1. The van der Waals surface area contributed by atoms with Crippen molar-refractivity contribution in [3.8, 4) is 0 Å². The summed E-state index contributed by atoms with van der Waals surface area (Å²) in [5.74, 6) is 0.178. The molecule has 0 bridgehead atoms. The molecule has 64 valence electrons. The van der Waals surface area contributed by atoms with E-state index in [0.29, 0.717) is 17.4 Å². The zero-order valence-electron chi connectivity index (χ0n) is 6.75. The van der Waals surface area contributed by atoms with E-state index in [1.165, 1.54) is 0 Å². The first kappa shape index (κ1) is 9.32. The second-order valence-corrected chi connectivity index (χ2v) is 3.35. The van der Waals surface area contributed by atoms with E-state index in [1.54, 1.807) is 19.3 Å². The molecule has 1 aromatic rings. The maximum absolute atomic E-state index is 10.6. The van der Waals surface area contributed by atoms with Crippen LogP contribution >= 0.6 is 15.9 Å². The fourth-order valence-electron chi connectivity index (χ4n) is 0.804. The van der Waals surface area contributed by atoms with E-state index in [1.807, 2.05) is 0 Å². The minimum absolute atomic E-state index is 0.178. The molecule has 0 amide bonds. The summed E-state index contributed by atoms with van der Waals surface area (Å²) in [6, 6.07) is 0. The van der Waals surface area contributed by atoms with Crippen LogP contribution in [0.5, 0.6) is 0 Å². The topological polar surface area (TPSA) is 42.9 Å². The van der Waals surface area contributed by atoms with Crippen molar-refractivity contribution in [2.45, 2.75) is 19.8 Å². The molecule has 1 heterocycles. The number of carbonyl (C=O) groups is 1. The van der Waals surface area contributed by atoms with Crippen LogP contribution in [0.15, 0.2) is 17.0 Å². The highest BCUT2D eigenvalue weighted by Gasteiger charge is 1.98. The van der Waals surface area contributed by atoms with Gasteiger partial charge in [0.05, 0.1) is 11.9 Å². The second-order valence-electron chi connectivity index (χ2n) is 2.54. The first-order valence-electron chi connectivity index (χ1n) is 3.64. The van der Waals surface area contributed by atoms with Crippen molar-refractivity contribution >= 4 is 21.7 Å². The number of carbonyl (C=O) groups excluding carboxylic acids is 1. The van der Waals surface area contributed by atoms with Crippen molar-refractivity contribution in [2.75, 3.05) is 0 Å². The molecular formula is C8H9BrN2O. The van der Waals surface area contributed by atoms with Gasteiger partial charge in [-0.15, -0.1) is 0 Å². The SMILES string of the molecule is CC(=O)CCc1cncc(Br)n1. The van der Waals surface area contributed by atoms with Gasteiger partial charge in [-0.2, -0.15) is 0 Å². The summed E-state index contributed by atoms with van der Waals surface area (Å²) >= 11 is 3.21. The summed E-state index contributed by atoms with van der Waals surface area (Å²) in [4.78, 5) is 18.7. The molecule has 0 aliphatic heterocycles. The first-order valence-corrected chi connectivity index (χ1v) is 4.43. The van der Waals surface area contributed by atoms with Gasteiger partial charge in [0.2, 0.25) is 0 Å². The zero-order valence-corrected chi connectivity index (χ0v) is 8.34. The predicted octanol–water partition coefficient (Wildman–Crippen LogP) is 1.76. The van der Waals surface area contributed by atoms with Crippen molar-refractivity contribution in [3.05, 3.63) is 22.7 Å².